The number of halogens is 1. The van der Waals surface area contributed by atoms with Gasteiger partial charge < -0.3 is 0 Å². The Morgan fingerprint density at radius 3 is 2.53 bits per heavy atom. The molecule has 0 fully saturated rings. The van der Waals surface area contributed by atoms with Crippen LogP contribution in [0.4, 0.5) is 0 Å². The number of thiophene rings is 1. The van der Waals surface area contributed by atoms with Gasteiger partial charge in [0.1, 0.15) is 4.83 Å². The highest BCUT2D eigenvalue weighted by Gasteiger charge is 2.32. The molecule has 0 spiro atoms. The molecule has 0 saturated carbocycles. The zero-order valence-electron chi connectivity index (χ0n) is 19.8. The average Bonchev–Trinajstić information content (AvgIpc) is 3.19. The van der Waals surface area contributed by atoms with Gasteiger partial charge in [-0.1, -0.05) is 90.9 Å². The first-order chi connectivity index (χ1) is 16.3. The van der Waals surface area contributed by atoms with E-state index in [4.69, 9.17) is 4.98 Å². The first-order valence-electron chi connectivity index (χ1n) is 11.8. The van der Waals surface area contributed by atoms with Gasteiger partial charge in [0.15, 0.2) is 5.16 Å². The Hall–Kier alpha value is -1.89. The van der Waals surface area contributed by atoms with Gasteiger partial charge in [-0.25, -0.2) is 4.98 Å². The van der Waals surface area contributed by atoms with E-state index in [-0.39, 0.29) is 11.0 Å². The van der Waals surface area contributed by atoms with Crippen LogP contribution in [0.25, 0.3) is 10.2 Å². The summed E-state index contributed by atoms with van der Waals surface area (Å²) in [7, 11) is 0. The van der Waals surface area contributed by atoms with Gasteiger partial charge in [0, 0.05) is 15.1 Å². The number of hydrogen-bond acceptors (Lipinski definition) is 4. The third kappa shape index (κ3) is 4.91. The molecule has 1 aliphatic carbocycles. The van der Waals surface area contributed by atoms with Gasteiger partial charge >= 0.3 is 0 Å². The highest BCUT2D eigenvalue weighted by Crippen LogP contribution is 2.42. The molecule has 2 aromatic carbocycles. The molecule has 5 rings (SSSR count). The summed E-state index contributed by atoms with van der Waals surface area (Å²) in [6.45, 7) is 7.54. The van der Waals surface area contributed by atoms with Crippen LogP contribution in [0.3, 0.4) is 0 Å². The van der Waals surface area contributed by atoms with E-state index in [1.54, 1.807) is 23.1 Å². The third-order valence-corrected chi connectivity index (χ3v) is 9.55. The highest BCUT2D eigenvalue weighted by atomic mass is 79.9. The molecule has 0 radical (unpaired) electrons. The lowest BCUT2D eigenvalue weighted by Gasteiger charge is -2.33. The molecule has 2 aromatic heterocycles. The average molecular weight is 554 g/mol. The molecule has 0 N–H and O–H groups in total. The first kappa shape index (κ1) is 23.8. The summed E-state index contributed by atoms with van der Waals surface area (Å²) in [5.41, 5.74) is 3.98. The normalized spacial score (nSPS) is 16.1. The quantitative estimate of drug-likeness (QED) is 0.188. The standard InChI is InChI=1S/C28H29BrN2OS2/c1-28(2,3)20-11-14-22-23(15-20)34-25-24(22)26(32)31(16-18-7-5-4-6-8-18)27(30-25)33-17-19-9-12-21(29)13-10-19/h4-10,12-13,20H,11,14-17H2,1-3H3/t20-/m1/s1. The first-order valence-corrected chi connectivity index (χ1v) is 14.4. The van der Waals surface area contributed by atoms with E-state index >= 15 is 0 Å². The van der Waals surface area contributed by atoms with Crippen LogP contribution < -0.4 is 5.56 Å². The van der Waals surface area contributed by atoms with Crippen molar-refractivity contribution in [3.05, 3.63) is 91.0 Å². The maximum Gasteiger partial charge on any atom is 0.263 e. The summed E-state index contributed by atoms with van der Waals surface area (Å²) < 4.78 is 2.96. The topological polar surface area (TPSA) is 34.9 Å². The van der Waals surface area contributed by atoms with Crippen molar-refractivity contribution in [2.45, 2.75) is 57.5 Å². The van der Waals surface area contributed by atoms with Crippen molar-refractivity contribution in [2.75, 3.05) is 0 Å². The largest absolute Gasteiger partial charge is 0.283 e. The summed E-state index contributed by atoms with van der Waals surface area (Å²) in [6, 6.07) is 18.6. The summed E-state index contributed by atoms with van der Waals surface area (Å²) >= 11 is 6.90. The van der Waals surface area contributed by atoms with E-state index < -0.39 is 0 Å². The van der Waals surface area contributed by atoms with Crippen LogP contribution in [-0.2, 0) is 25.1 Å². The highest BCUT2D eigenvalue weighted by molar-refractivity contribution is 9.10. The Balaban J connectivity index is 1.57. The Morgan fingerprint density at radius 1 is 1.09 bits per heavy atom. The van der Waals surface area contributed by atoms with Crippen LogP contribution in [0.15, 0.2) is 69.0 Å². The van der Waals surface area contributed by atoms with Crippen molar-refractivity contribution in [2.24, 2.45) is 11.3 Å². The Kier molecular flexibility index (Phi) is 6.75. The summed E-state index contributed by atoms with van der Waals surface area (Å²) in [4.78, 5) is 21.3. The molecule has 4 aromatic rings. The molecule has 3 nitrogen and oxygen atoms in total. The monoisotopic (exact) mass is 552 g/mol. The number of nitrogens with zero attached hydrogens (tertiary/aromatic N) is 2. The van der Waals surface area contributed by atoms with Gasteiger partial charge in [0.25, 0.3) is 5.56 Å². The summed E-state index contributed by atoms with van der Waals surface area (Å²) in [5, 5.41) is 1.66. The maximum absolute atomic E-state index is 13.9. The molecule has 0 aliphatic heterocycles. The second-order valence-corrected chi connectivity index (χ2v) is 13.1. The Morgan fingerprint density at radius 2 is 1.82 bits per heavy atom. The van der Waals surface area contributed by atoms with E-state index in [9.17, 15) is 4.79 Å². The van der Waals surface area contributed by atoms with Crippen molar-refractivity contribution in [3.8, 4) is 0 Å². The lowest BCUT2D eigenvalue weighted by Crippen LogP contribution is -2.27. The molecule has 0 amide bonds. The molecule has 0 saturated heterocycles. The summed E-state index contributed by atoms with van der Waals surface area (Å²) in [5.74, 6) is 1.42. The second kappa shape index (κ2) is 9.63. The fourth-order valence-corrected chi connectivity index (χ4v) is 7.28. The summed E-state index contributed by atoms with van der Waals surface area (Å²) in [6.07, 6.45) is 3.17. The van der Waals surface area contributed by atoms with Crippen LogP contribution in [0.5, 0.6) is 0 Å². The number of benzene rings is 2. The molecule has 34 heavy (non-hydrogen) atoms. The molecule has 2 heterocycles. The minimum Gasteiger partial charge on any atom is -0.283 e. The number of fused-ring (bicyclic) bond motifs is 3. The fourth-order valence-electron chi connectivity index (χ4n) is 4.72. The van der Waals surface area contributed by atoms with Crippen molar-refractivity contribution < 1.29 is 0 Å². The molecule has 176 valence electrons. The Labute approximate surface area is 217 Å². The van der Waals surface area contributed by atoms with Crippen LogP contribution >= 0.6 is 39.0 Å². The molecule has 0 bridgehead atoms. The van der Waals surface area contributed by atoms with Crippen LogP contribution in [0, 0.1) is 11.3 Å². The van der Waals surface area contributed by atoms with Crippen molar-refractivity contribution in [3.63, 3.8) is 0 Å². The number of aromatic nitrogens is 2. The van der Waals surface area contributed by atoms with Crippen LogP contribution in [0.2, 0.25) is 0 Å². The number of rotatable bonds is 5. The maximum atomic E-state index is 13.9. The Bertz CT molecular complexity index is 1370. The zero-order chi connectivity index (χ0) is 23.9. The third-order valence-electron chi connectivity index (χ3n) is 6.82. The molecule has 6 heteroatoms. The molecular formula is C28H29BrN2OS2. The SMILES string of the molecule is CC(C)(C)[C@@H]1CCc2c(sc3nc(SCc4ccc(Br)cc4)n(Cc4ccccc4)c(=O)c23)C1. The molecule has 0 unspecified atom stereocenters. The fraction of sp³-hybridized carbons (Fsp3) is 0.357. The lowest BCUT2D eigenvalue weighted by molar-refractivity contribution is 0.218. The zero-order valence-corrected chi connectivity index (χ0v) is 23.0. The van der Waals surface area contributed by atoms with Crippen molar-refractivity contribution >= 4 is 49.2 Å². The predicted molar refractivity (Wildman–Crippen MR) is 148 cm³/mol. The predicted octanol–water partition coefficient (Wildman–Crippen LogP) is 7.71. The number of aryl methyl sites for hydroxylation is 1. The molecule has 1 atom stereocenters. The molecule has 1 aliphatic rings. The van der Waals surface area contributed by atoms with Gasteiger partial charge in [0.05, 0.1) is 11.9 Å². The van der Waals surface area contributed by atoms with Gasteiger partial charge in [-0.15, -0.1) is 11.3 Å². The van der Waals surface area contributed by atoms with Crippen molar-refractivity contribution in [1.29, 1.82) is 0 Å². The van der Waals surface area contributed by atoms with Gasteiger partial charge in [0.2, 0.25) is 0 Å². The van der Waals surface area contributed by atoms with Crippen molar-refractivity contribution in [1.82, 2.24) is 9.55 Å². The lowest BCUT2D eigenvalue weighted by atomic mass is 9.72. The van der Waals surface area contributed by atoms with E-state index in [0.717, 1.165) is 50.4 Å². The van der Waals surface area contributed by atoms with E-state index in [2.05, 4.69) is 73.1 Å². The van der Waals surface area contributed by atoms with Crippen LogP contribution in [-0.4, -0.2) is 9.55 Å². The molecular weight excluding hydrogens is 524 g/mol. The van der Waals surface area contributed by atoms with Gasteiger partial charge in [-0.2, -0.15) is 0 Å². The van der Waals surface area contributed by atoms with Crippen LogP contribution in [0.1, 0.15) is 48.8 Å². The smallest absolute Gasteiger partial charge is 0.263 e. The minimum atomic E-state index is 0.110. The van der Waals surface area contributed by atoms with E-state index in [1.807, 2.05) is 22.8 Å². The number of thioether (sulfide) groups is 1. The van der Waals surface area contributed by atoms with Gasteiger partial charge in [-0.05, 0) is 59.4 Å². The van der Waals surface area contributed by atoms with E-state index in [0.29, 0.717) is 12.5 Å². The van der Waals surface area contributed by atoms with E-state index in [1.165, 1.54) is 16.0 Å². The number of hydrogen-bond donors (Lipinski definition) is 0. The van der Waals surface area contributed by atoms with Gasteiger partial charge in [-0.3, -0.25) is 9.36 Å². The minimum absolute atomic E-state index is 0.110. The second-order valence-electron chi connectivity index (χ2n) is 10.2.